The summed E-state index contributed by atoms with van der Waals surface area (Å²) in [5.41, 5.74) is 8.21. The first-order chi connectivity index (χ1) is 16.8. The number of carbonyl (C=O) groups excluding carboxylic acids is 3. The van der Waals surface area contributed by atoms with E-state index in [2.05, 4.69) is 10.6 Å². The lowest BCUT2D eigenvalue weighted by Gasteiger charge is -2.34. The van der Waals surface area contributed by atoms with Crippen LogP contribution in [0.5, 0.6) is 0 Å². The Morgan fingerprint density at radius 3 is 2.06 bits per heavy atom. The van der Waals surface area contributed by atoms with Crippen LogP contribution in [0, 0.1) is 11.8 Å². The van der Waals surface area contributed by atoms with Crippen molar-refractivity contribution < 1.29 is 14.4 Å². The fraction of sp³-hybridized carbons (Fsp3) is 0.464. The SMILES string of the molecule is CC(NC(=O)C(NC(=O)C1CCN(C(=O)C(N)Cc2ccccc2)CC1)C(C)C)c1ccccc1. The highest BCUT2D eigenvalue weighted by Crippen LogP contribution is 2.20. The second kappa shape index (κ2) is 12.5. The average molecular weight is 479 g/mol. The molecule has 1 saturated heterocycles. The van der Waals surface area contributed by atoms with Crippen LogP contribution < -0.4 is 16.4 Å². The van der Waals surface area contributed by atoms with Crippen molar-refractivity contribution in [3.8, 4) is 0 Å². The highest BCUT2D eigenvalue weighted by molar-refractivity contribution is 5.89. The lowest BCUT2D eigenvalue weighted by atomic mass is 9.93. The molecule has 188 valence electrons. The molecule has 3 rings (SSSR count). The Morgan fingerprint density at radius 2 is 1.49 bits per heavy atom. The van der Waals surface area contributed by atoms with E-state index in [0.717, 1.165) is 11.1 Å². The van der Waals surface area contributed by atoms with Crippen molar-refractivity contribution in [2.75, 3.05) is 13.1 Å². The third-order valence-electron chi connectivity index (χ3n) is 6.70. The molecule has 7 heteroatoms. The zero-order valence-corrected chi connectivity index (χ0v) is 20.9. The molecule has 2 aromatic carbocycles. The van der Waals surface area contributed by atoms with Crippen molar-refractivity contribution in [2.45, 2.75) is 58.2 Å². The van der Waals surface area contributed by atoms with Crippen LogP contribution in [0.15, 0.2) is 60.7 Å². The molecule has 35 heavy (non-hydrogen) atoms. The smallest absolute Gasteiger partial charge is 0.243 e. The predicted octanol–water partition coefficient (Wildman–Crippen LogP) is 2.81. The molecule has 1 fully saturated rings. The fourth-order valence-electron chi connectivity index (χ4n) is 4.49. The zero-order valence-electron chi connectivity index (χ0n) is 20.9. The predicted molar refractivity (Wildman–Crippen MR) is 137 cm³/mol. The summed E-state index contributed by atoms with van der Waals surface area (Å²) >= 11 is 0. The Morgan fingerprint density at radius 1 is 0.914 bits per heavy atom. The van der Waals surface area contributed by atoms with Crippen molar-refractivity contribution in [3.05, 3.63) is 71.8 Å². The Balaban J connectivity index is 1.50. The molecule has 0 bridgehead atoms. The van der Waals surface area contributed by atoms with Gasteiger partial charge in [0.15, 0.2) is 0 Å². The molecule has 2 aromatic rings. The highest BCUT2D eigenvalue weighted by Gasteiger charge is 2.32. The average Bonchev–Trinajstić information content (AvgIpc) is 2.87. The largest absolute Gasteiger partial charge is 0.348 e. The van der Waals surface area contributed by atoms with E-state index >= 15 is 0 Å². The topological polar surface area (TPSA) is 105 Å². The van der Waals surface area contributed by atoms with Crippen LogP contribution in [-0.2, 0) is 20.8 Å². The lowest BCUT2D eigenvalue weighted by Crippen LogP contribution is -2.53. The maximum Gasteiger partial charge on any atom is 0.243 e. The van der Waals surface area contributed by atoms with E-state index in [0.29, 0.717) is 32.4 Å². The number of nitrogens with two attached hydrogens (primary N) is 1. The van der Waals surface area contributed by atoms with E-state index in [1.54, 1.807) is 4.90 Å². The number of hydrogen-bond donors (Lipinski definition) is 3. The summed E-state index contributed by atoms with van der Waals surface area (Å²) in [5.74, 6) is -0.692. The first-order valence-corrected chi connectivity index (χ1v) is 12.5. The summed E-state index contributed by atoms with van der Waals surface area (Å²) in [6.07, 6.45) is 1.61. The summed E-state index contributed by atoms with van der Waals surface area (Å²) < 4.78 is 0. The molecule has 1 aliphatic rings. The quantitative estimate of drug-likeness (QED) is 0.515. The van der Waals surface area contributed by atoms with Crippen LogP contribution in [0.1, 0.15) is 50.8 Å². The minimum absolute atomic E-state index is 0.0559. The second-order valence-electron chi connectivity index (χ2n) is 9.77. The van der Waals surface area contributed by atoms with Crippen LogP contribution in [0.2, 0.25) is 0 Å². The first-order valence-electron chi connectivity index (χ1n) is 12.5. The standard InChI is InChI=1S/C28H38N4O3/c1-19(2)25(27(34)30-20(3)22-12-8-5-9-13-22)31-26(33)23-14-16-32(17-15-23)28(35)24(29)18-21-10-6-4-7-11-21/h4-13,19-20,23-25H,14-18,29H2,1-3H3,(H,30,34)(H,31,33). The van der Waals surface area contributed by atoms with E-state index in [1.807, 2.05) is 81.4 Å². The zero-order chi connectivity index (χ0) is 25.4. The molecule has 0 spiro atoms. The summed E-state index contributed by atoms with van der Waals surface area (Å²) in [7, 11) is 0. The Kier molecular flexibility index (Phi) is 9.43. The van der Waals surface area contributed by atoms with Crippen LogP contribution >= 0.6 is 0 Å². The number of rotatable bonds is 9. The fourth-order valence-corrected chi connectivity index (χ4v) is 4.49. The number of piperidine rings is 1. The van der Waals surface area contributed by atoms with Gasteiger partial charge in [-0.15, -0.1) is 0 Å². The third-order valence-corrected chi connectivity index (χ3v) is 6.70. The van der Waals surface area contributed by atoms with Crippen molar-refractivity contribution in [3.63, 3.8) is 0 Å². The molecule has 1 heterocycles. The van der Waals surface area contributed by atoms with E-state index in [1.165, 1.54) is 0 Å². The number of carbonyl (C=O) groups is 3. The number of benzene rings is 2. The summed E-state index contributed by atoms with van der Waals surface area (Å²) in [6.45, 7) is 6.76. The summed E-state index contributed by atoms with van der Waals surface area (Å²) in [5, 5.41) is 5.98. The van der Waals surface area contributed by atoms with Gasteiger partial charge in [-0.25, -0.2) is 0 Å². The first kappa shape index (κ1) is 26.4. The van der Waals surface area contributed by atoms with Crippen LogP contribution in [0.4, 0.5) is 0 Å². The molecule has 3 amide bonds. The molecule has 0 aliphatic carbocycles. The highest BCUT2D eigenvalue weighted by atomic mass is 16.2. The molecule has 3 unspecified atom stereocenters. The number of likely N-dealkylation sites (tertiary alicyclic amines) is 1. The van der Waals surface area contributed by atoms with Crippen molar-refractivity contribution in [1.82, 2.24) is 15.5 Å². The van der Waals surface area contributed by atoms with Crippen molar-refractivity contribution in [1.29, 1.82) is 0 Å². The molecule has 3 atom stereocenters. The van der Waals surface area contributed by atoms with E-state index in [9.17, 15) is 14.4 Å². The molecule has 4 N–H and O–H groups in total. The molecular weight excluding hydrogens is 440 g/mol. The number of hydrogen-bond acceptors (Lipinski definition) is 4. The molecular formula is C28H38N4O3. The Hall–Kier alpha value is -3.19. The van der Waals surface area contributed by atoms with Gasteiger partial charge in [0.05, 0.1) is 12.1 Å². The number of amides is 3. The van der Waals surface area contributed by atoms with Gasteiger partial charge >= 0.3 is 0 Å². The second-order valence-corrected chi connectivity index (χ2v) is 9.77. The van der Waals surface area contributed by atoms with Gasteiger partial charge in [-0.05, 0) is 43.2 Å². The van der Waals surface area contributed by atoms with Crippen molar-refractivity contribution >= 4 is 17.7 Å². The van der Waals surface area contributed by atoms with Gasteiger partial charge < -0.3 is 21.3 Å². The molecule has 7 nitrogen and oxygen atoms in total. The molecule has 0 radical (unpaired) electrons. The van der Waals surface area contributed by atoms with Gasteiger partial charge in [0, 0.05) is 19.0 Å². The van der Waals surface area contributed by atoms with Gasteiger partial charge in [0.2, 0.25) is 17.7 Å². The van der Waals surface area contributed by atoms with Crippen LogP contribution in [-0.4, -0.2) is 47.8 Å². The molecule has 0 aromatic heterocycles. The van der Waals surface area contributed by atoms with Crippen LogP contribution in [0.25, 0.3) is 0 Å². The van der Waals surface area contributed by atoms with E-state index in [4.69, 9.17) is 5.73 Å². The maximum absolute atomic E-state index is 13.0. The van der Waals surface area contributed by atoms with Gasteiger partial charge in [0.25, 0.3) is 0 Å². The van der Waals surface area contributed by atoms with Crippen molar-refractivity contribution in [2.24, 2.45) is 17.6 Å². The minimum atomic E-state index is -0.618. The number of nitrogens with zero attached hydrogens (tertiary/aromatic N) is 1. The normalized spacial score (nSPS) is 16.9. The van der Waals surface area contributed by atoms with Gasteiger partial charge in [-0.1, -0.05) is 74.5 Å². The monoisotopic (exact) mass is 478 g/mol. The van der Waals surface area contributed by atoms with Gasteiger partial charge in [-0.3, -0.25) is 14.4 Å². The summed E-state index contributed by atoms with van der Waals surface area (Å²) in [6, 6.07) is 18.1. The van der Waals surface area contributed by atoms with E-state index in [-0.39, 0.29) is 35.6 Å². The summed E-state index contributed by atoms with van der Waals surface area (Å²) in [4.78, 5) is 40.5. The molecule has 0 saturated carbocycles. The third kappa shape index (κ3) is 7.39. The van der Waals surface area contributed by atoms with Gasteiger partial charge in [-0.2, -0.15) is 0 Å². The van der Waals surface area contributed by atoms with Crippen LogP contribution in [0.3, 0.4) is 0 Å². The number of nitrogens with one attached hydrogen (secondary N) is 2. The lowest BCUT2D eigenvalue weighted by molar-refractivity contribution is -0.137. The molecule has 1 aliphatic heterocycles. The minimum Gasteiger partial charge on any atom is -0.348 e. The Labute approximate surface area is 208 Å². The van der Waals surface area contributed by atoms with Gasteiger partial charge in [0.1, 0.15) is 6.04 Å². The Bertz CT molecular complexity index is 972. The maximum atomic E-state index is 13.0. The van der Waals surface area contributed by atoms with E-state index < -0.39 is 12.1 Å².